The van der Waals surface area contributed by atoms with Crippen LogP contribution in [0.15, 0.2) is 24.3 Å². The Hall–Kier alpha value is -1.76. The van der Waals surface area contributed by atoms with Crippen molar-refractivity contribution >= 4 is 22.0 Å². The van der Waals surface area contributed by atoms with Gasteiger partial charge < -0.3 is 79.1 Å². The van der Waals surface area contributed by atoms with Crippen molar-refractivity contribution in [1.29, 1.82) is 0 Å². The van der Waals surface area contributed by atoms with Crippen molar-refractivity contribution in [3.63, 3.8) is 0 Å². The molecule has 25 heteroatoms. The number of carbonyl (C=O) groups excluding carboxylic acids is 1. The van der Waals surface area contributed by atoms with Gasteiger partial charge in [-0.2, -0.15) is 0 Å². The molecule has 0 aromatic heterocycles. The molecule has 3 heterocycles. The van der Waals surface area contributed by atoms with Crippen LogP contribution in [0.5, 0.6) is 5.75 Å². The summed E-state index contributed by atoms with van der Waals surface area (Å²) in [7, 11) is -5.36. The van der Waals surface area contributed by atoms with E-state index in [0.717, 1.165) is 19.1 Å². The van der Waals surface area contributed by atoms with E-state index in [1.807, 2.05) is 0 Å². The van der Waals surface area contributed by atoms with Crippen LogP contribution in [0.2, 0.25) is 0 Å². The van der Waals surface area contributed by atoms with Crippen molar-refractivity contribution in [2.45, 2.75) is 99.0 Å². The number of aliphatic hydroxyl groups excluding tert-OH is 8. The van der Waals surface area contributed by atoms with E-state index in [9.17, 15) is 68.7 Å². The van der Waals surface area contributed by atoms with E-state index in [1.54, 1.807) is 0 Å². The standard InChI is InChI=1S/C26H38N2O21S.Na/c1-9(30)27-15-23(49-26-22(37)19(34)16(31)12(6-29)46-26)18(33)14(8-44-50(40,41)42)47-24(15)43-7-13-17(32)20(35)21(36)25(48-13)45-11-4-2-10(3-5-11)28(38)39;/h2-5,12-26,29,31-37H,6-8H2,1H3,(H,27,30)(H,40,41,42);/q;+1/p-1/t12-,13-,14-,15-,16+,17-,18-,19+,20+,21+,22-,23-,24-,25+,26+;/m1./s1. The molecule has 3 fully saturated rings. The average molecular weight is 769 g/mol. The molecule has 3 aliphatic rings. The summed E-state index contributed by atoms with van der Waals surface area (Å²) in [5.41, 5.74) is -0.277. The van der Waals surface area contributed by atoms with E-state index in [1.165, 1.54) is 12.1 Å². The van der Waals surface area contributed by atoms with Crippen LogP contribution in [0.4, 0.5) is 5.69 Å². The van der Waals surface area contributed by atoms with E-state index in [2.05, 4.69) is 9.50 Å². The molecule has 51 heavy (non-hydrogen) atoms. The molecule has 1 aromatic carbocycles. The first kappa shape index (κ1) is 43.6. The molecule has 3 saturated heterocycles. The largest absolute Gasteiger partial charge is 1.00 e. The van der Waals surface area contributed by atoms with Gasteiger partial charge in [0.15, 0.2) is 12.6 Å². The molecular formula is C26H37N2NaO21S. The van der Waals surface area contributed by atoms with E-state index in [-0.39, 0.29) is 41.0 Å². The van der Waals surface area contributed by atoms with Gasteiger partial charge in [0.2, 0.25) is 22.6 Å². The second-order valence-corrected chi connectivity index (χ2v) is 12.5. The van der Waals surface area contributed by atoms with Crippen molar-refractivity contribution in [3.05, 3.63) is 34.4 Å². The summed E-state index contributed by atoms with van der Waals surface area (Å²) in [6, 6.07) is 2.92. The first-order valence-corrected chi connectivity index (χ1v) is 16.1. The third-order valence-corrected chi connectivity index (χ3v) is 8.38. The van der Waals surface area contributed by atoms with Gasteiger partial charge in [-0.05, 0) is 12.1 Å². The molecule has 0 unspecified atom stereocenters. The predicted octanol–water partition coefficient (Wildman–Crippen LogP) is -8.95. The van der Waals surface area contributed by atoms with Gasteiger partial charge in [-0.25, -0.2) is 8.42 Å². The van der Waals surface area contributed by atoms with Crippen molar-refractivity contribution in [2.75, 3.05) is 19.8 Å². The topological polar surface area (TPSA) is 356 Å². The molecule has 0 aliphatic carbocycles. The second kappa shape index (κ2) is 18.5. The average Bonchev–Trinajstić information content (AvgIpc) is 3.05. The SMILES string of the molecule is CC(=O)N[C@H]1[C@H](OC[C@H]2O[C@H](Oc3ccc([N+](=O)[O-])cc3)[C@@H](O)[C@@H](O)[C@@H]2O)O[C@H](COS(=O)(=O)[O-])[C@@H](O)[C@@H]1O[C@@H]1O[C@H](CO)[C@H](O)[C@H](O)[C@H]1O.[Na+]. The number of non-ortho nitro benzene ring substituents is 1. The number of amides is 1. The maximum atomic E-state index is 12.2. The van der Waals surface area contributed by atoms with Gasteiger partial charge in [-0.1, -0.05) is 0 Å². The Morgan fingerprint density at radius 2 is 1.35 bits per heavy atom. The molecule has 15 atom stereocenters. The zero-order valence-electron chi connectivity index (χ0n) is 26.8. The maximum Gasteiger partial charge on any atom is 1.00 e. The predicted molar refractivity (Wildman–Crippen MR) is 153 cm³/mol. The first-order valence-electron chi connectivity index (χ1n) is 14.8. The van der Waals surface area contributed by atoms with Gasteiger partial charge in [0.1, 0.15) is 78.9 Å². The van der Waals surface area contributed by atoms with Gasteiger partial charge >= 0.3 is 29.6 Å². The fourth-order valence-electron chi connectivity index (χ4n) is 5.35. The Kier molecular flexibility index (Phi) is 15.8. The van der Waals surface area contributed by atoms with Crippen LogP contribution < -0.4 is 39.6 Å². The molecule has 4 rings (SSSR count). The minimum atomic E-state index is -5.36. The van der Waals surface area contributed by atoms with Gasteiger partial charge in [0.05, 0.1) is 24.7 Å². The summed E-state index contributed by atoms with van der Waals surface area (Å²) in [6.45, 7) is -1.74. The van der Waals surface area contributed by atoms with Crippen LogP contribution >= 0.6 is 0 Å². The number of nitrogens with zero attached hydrogens (tertiary/aromatic N) is 1. The Morgan fingerprint density at radius 1 is 0.824 bits per heavy atom. The summed E-state index contributed by atoms with van der Waals surface area (Å²) < 4.78 is 71.2. The number of rotatable bonds is 13. The fraction of sp³-hybridized carbons (Fsp3) is 0.731. The smallest absolute Gasteiger partial charge is 0.726 e. The molecular weight excluding hydrogens is 731 g/mol. The molecule has 0 saturated carbocycles. The fourth-order valence-corrected chi connectivity index (χ4v) is 5.65. The molecule has 0 bridgehead atoms. The number of carbonyl (C=O) groups is 1. The normalized spacial score (nSPS) is 38.7. The molecule has 9 N–H and O–H groups in total. The van der Waals surface area contributed by atoms with Crippen molar-refractivity contribution in [2.24, 2.45) is 0 Å². The molecule has 0 radical (unpaired) electrons. The minimum Gasteiger partial charge on any atom is -0.726 e. The summed E-state index contributed by atoms with van der Waals surface area (Å²) in [5, 5.41) is 96.4. The number of hydrogen-bond donors (Lipinski definition) is 9. The zero-order valence-corrected chi connectivity index (χ0v) is 29.6. The van der Waals surface area contributed by atoms with E-state index >= 15 is 0 Å². The Labute approximate surface area is 310 Å². The molecule has 0 spiro atoms. The summed E-state index contributed by atoms with van der Waals surface area (Å²) in [6.07, 6.45) is -25.4. The van der Waals surface area contributed by atoms with Crippen LogP contribution in [0.1, 0.15) is 6.92 Å². The molecule has 1 aromatic rings. The third kappa shape index (κ3) is 10.9. The van der Waals surface area contributed by atoms with E-state index in [0.29, 0.717) is 0 Å². The van der Waals surface area contributed by atoms with Gasteiger partial charge in [-0.3, -0.25) is 19.1 Å². The van der Waals surface area contributed by atoms with Crippen LogP contribution in [-0.4, -0.2) is 177 Å². The van der Waals surface area contributed by atoms with Crippen molar-refractivity contribution in [3.8, 4) is 5.75 Å². The number of aliphatic hydroxyl groups is 8. The van der Waals surface area contributed by atoms with Crippen LogP contribution in [0.3, 0.4) is 0 Å². The van der Waals surface area contributed by atoms with Gasteiger partial charge in [0, 0.05) is 19.1 Å². The zero-order chi connectivity index (χ0) is 37.1. The monoisotopic (exact) mass is 768 g/mol. The minimum absolute atomic E-state index is 0. The Bertz CT molecular complexity index is 1410. The second-order valence-electron chi connectivity index (χ2n) is 11.5. The van der Waals surface area contributed by atoms with E-state index < -0.39 is 133 Å². The van der Waals surface area contributed by atoms with Crippen LogP contribution in [0.25, 0.3) is 0 Å². The third-order valence-electron chi connectivity index (χ3n) is 7.95. The first-order chi connectivity index (χ1) is 23.4. The van der Waals surface area contributed by atoms with Crippen LogP contribution in [-0.2, 0) is 43.1 Å². The number of nitro benzene ring substituents is 1. The van der Waals surface area contributed by atoms with Crippen molar-refractivity contribution in [1.82, 2.24) is 5.32 Å². The van der Waals surface area contributed by atoms with Gasteiger partial charge in [-0.15, -0.1) is 0 Å². The number of nitrogens with one attached hydrogen (secondary N) is 1. The molecule has 23 nitrogen and oxygen atoms in total. The summed E-state index contributed by atoms with van der Waals surface area (Å²) in [4.78, 5) is 22.5. The number of nitro groups is 1. The Balaban J connectivity index is 0.00000702. The van der Waals surface area contributed by atoms with E-state index in [4.69, 9.17) is 28.4 Å². The Morgan fingerprint density at radius 3 is 1.90 bits per heavy atom. The number of benzene rings is 1. The molecule has 284 valence electrons. The quantitative estimate of drug-likeness (QED) is 0.0296. The molecule has 3 aliphatic heterocycles. The summed E-state index contributed by atoms with van der Waals surface area (Å²) >= 11 is 0. The van der Waals surface area contributed by atoms with Crippen molar-refractivity contribution < 1.29 is 126 Å². The maximum absolute atomic E-state index is 12.2. The number of ether oxygens (including phenoxy) is 6. The molecule has 1 amide bonds. The van der Waals surface area contributed by atoms with Gasteiger partial charge in [0.25, 0.3) is 5.69 Å². The van der Waals surface area contributed by atoms with Crippen LogP contribution in [0, 0.1) is 10.1 Å². The number of hydrogen-bond acceptors (Lipinski definition) is 21. The summed E-state index contributed by atoms with van der Waals surface area (Å²) in [5.74, 6) is -0.828.